The van der Waals surface area contributed by atoms with E-state index < -0.39 is 16.4 Å². The first-order chi connectivity index (χ1) is 12.3. The normalized spacial score (nSPS) is 11.3. The largest absolute Gasteiger partial charge is 0.501 e. The molecule has 0 bridgehead atoms. The Bertz CT molecular complexity index is 1140. The fourth-order valence-corrected chi connectivity index (χ4v) is 3.17. The van der Waals surface area contributed by atoms with Gasteiger partial charge >= 0.3 is 5.69 Å². The number of hydrogen-bond donors (Lipinski definition) is 1. The number of phenols is 1. The third kappa shape index (κ3) is 3.37. The highest BCUT2D eigenvalue weighted by Gasteiger charge is 2.17. The number of aromatic nitrogens is 2. The predicted molar refractivity (Wildman–Crippen MR) is 104 cm³/mol. The highest BCUT2D eigenvalue weighted by molar-refractivity contribution is 9.10. The van der Waals surface area contributed by atoms with Gasteiger partial charge in [0.15, 0.2) is 0 Å². The molecule has 0 atom stereocenters. The molecule has 0 radical (unpaired) electrons. The van der Waals surface area contributed by atoms with Crippen LogP contribution < -0.4 is 5.56 Å². The number of rotatable bonds is 3. The summed E-state index contributed by atoms with van der Waals surface area (Å²) >= 11 is 6.37. The second kappa shape index (κ2) is 6.96. The van der Waals surface area contributed by atoms with E-state index in [9.17, 15) is 20.0 Å². The number of aromatic hydroxyl groups is 1. The van der Waals surface area contributed by atoms with Crippen molar-refractivity contribution in [1.82, 2.24) is 9.66 Å². The molecule has 1 N–H and O–H groups in total. The SMILES string of the molecule is Cc1nc2ccc(Br)cc2c(=O)n1N=Cc1cc(Br)c(O)c([N+](=O)[O-])c1. The lowest BCUT2D eigenvalue weighted by Crippen LogP contribution is -2.20. The number of hydrogen-bond acceptors (Lipinski definition) is 6. The summed E-state index contributed by atoms with van der Waals surface area (Å²) in [4.78, 5) is 27.3. The van der Waals surface area contributed by atoms with Crippen LogP contribution in [0.15, 0.2) is 49.2 Å². The summed E-state index contributed by atoms with van der Waals surface area (Å²) in [5.41, 5.74) is 0.0510. The summed E-state index contributed by atoms with van der Waals surface area (Å²) in [5, 5.41) is 25.2. The number of nitro benzene ring substituents is 1. The molecule has 3 rings (SSSR count). The van der Waals surface area contributed by atoms with Crippen LogP contribution in [-0.2, 0) is 0 Å². The minimum Gasteiger partial charge on any atom is -0.501 e. The minimum absolute atomic E-state index is 0.151. The van der Waals surface area contributed by atoms with Crippen LogP contribution in [-0.4, -0.2) is 25.9 Å². The Morgan fingerprint density at radius 2 is 2.04 bits per heavy atom. The molecule has 0 aliphatic rings. The van der Waals surface area contributed by atoms with Crippen LogP contribution in [0, 0.1) is 17.0 Å². The molecular formula is C16H10Br2N4O4. The number of aryl methyl sites for hydroxylation is 1. The van der Waals surface area contributed by atoms with Crippen molar-refractivity contribution in [3.63, 3.8) is 0 Å². The van der Waals surface area contributed by atoms with Gasteiger partial charge in [0.25, 0.3) is 5.56 Å². The minimum atomic E-state index is -0.704. The molecule has 0 saturated carbocycles. The van der Waals surface area contributed by atoms with Crippen LogP contribution in [0.25, 0.3) is 10.9 Å². The standard InChI is InChI=1S/C16H10Br2N4O4/c1-8-20-13-3-2-10(17)6-11(13)16(24)21(8)19-7-9-4-12(18)15(23)14(5-9)22(25)26/h2-7,23H,1H3. The van der Waals surface area contributed by atoms with Crippen molar-refractivity contribution < 1.29 is 10.0 Å². The second-order valence-electron chi connectivity index (χ2n) is 5.31. The van der Waals surface area contributed by atoms with Crippen LogP contribution in [0.3, 0.4) is 0 Å². The third-order valence-electron chi connectivity index (χ3n) is 3.55. The molecule has 0 amide bonds. The lowest BCUT2D eigenvalue weighted by molar-refractivity contribution is -0.386. The zero-order valence-corrected chi connectivity index (χ0v) is 16.4. The first kappa shape index (κ1) is 18.2. The first-order valence-electron chi connectivity index (χ1n) is 7.18. The smallest absolute Gasteiger partial charge is 0.312 e. The van der Waals surface area contributed by atoms with Gasteiger partial charge in [0.1, 0.15) is 5.82 Å². The molecule has 1 aromatic heterocycles. The number of halogens is 2. The van der Waals surface area contributed by atoms with Crippen molar-refractivity contribution in [2.75, 3.05) is 0 Å². The summed E-state index contributed by atoms with van der Waals surface area (Å²) in [6.07, 6.45) is 1.29. The van der Waals surface area contributed by atoms with Crippen molar-refractivity contribution in [2.45, 2.75) is 6.92 Å². The molecule has 0 fully saturated rings. The Balaban J connectivity index is 2.12. The van der Waals surface area contributed by atoms with E-state index in [1.54, 1.807) is 25.1 Å². The zero-order valence-electron chi connectivity index (χ0n) is 13.2. The van der Waals surface area contributed by atoms with Crippen molar-refractivity contribution in [1.29, 1.82) is 0 Å². The Kier molecular flexibility index (Phi) is 4.88. The molecule has 2 aromatic carbocycles. The second-order valence-corrected chi connectivity index (χ2v) is 7.08. The summed E-state index contributed by atoms with van der Waals surface area (Å²) in [6, 6.07) is 7.78. The molecule has 8 nitrogen and oxygen atoms in total. The van der Waals surface area contributed by atoms with Crippen molar-refractivity contribution in [3.05, 3.63) is 71.1 Å². The predicted octanol–water partition coefficient (Wildman–Crippen LogP) is 3.73. The van der Waals surface area contributed by atoms with E-state index in [4.69, 9.17) is 0 Å². The topological polar surface area (TPSA) is 111 Å². The van der Waals surface area contributed by atoms with Crippen LogP contribution in [0.5, 0.6) is 5.75 Å². The fraction of sp³-hybridized carbons (Fsp3) is 0.0625. The summed E-state index contributed by atoms with van der Waals surface area (Å²) < 4.78 is 2.00. The molecule has 0 spiro atoms. The quantitative estimate of drug-likeness (QED) is 0.348. The number of phenolic OH excluding ortho intramolecular Hbond substituents is 1. The van der Waals surface area contributed by atoms with E-state index in [0.29, 0.717) is 22.3 Å². The molecule has 10 heteroatoms. The van der Waals surface area contributed by atoms with Crippen LogP contribution in [0.1, 0.15) is 11.4 Å². The summed E-state index contributed by atoms with van der Waals surface area (Å²) in [5.74, 6) is -0.105. The lowest BCUT2D eigenvalue weighted by Gasteiger charge is -2.06. The van der Waals surface area contributed by atoms with E-state index in [0.717, 1.165) is 15.2 Å². The van der Waals surface area contributed by atoms with Gasteiger partial charge in [-0.3, -0.25) is 14.9 Å². The maximum atomic E-state index is 12.6. The summed E-state index contributed by atoms with van der Waals surface area (Å²) in [6.45, 7) is 1.63. The average molecular weight is 482 g/mol. The molecule has 3 aromatic rings. The van der Waals surface area contributed by atoms with E-state index in [1.807, 2.05) is 0 Å². The van der Waals surface area contributed by atoms with Gasteiger partial charge in [-0.25, -0.2) is 4.98 Å². The number of benzene rings is 2. The van der Waals surface area contributed by atoms with E-state index >= 15 is 0 Å². The Morgan fingerprint density at radius 3 is 2.73 bits per heavy atom. The fourth-order valence-electron chi connectivity index (χ4n) is 2.34. The molecule has 26 heavy (non-hydrogen) atoms. The zero-order chi connectivity index (χ0) is 19.0. The van der Waals surface area contributed by atoms with Crippen molar-refractivity contribution in [2.24, 2.45) is 5.10 Å². The van der Waals surface area contributed by atoms with Crippen LogP contribution in [0.4, 0.5) is 5.69 Å². The first-order valence-corrected chi connectivity index (χ1v) is 8.76. The van der Waals surface area contributed by atoms with Crippen LogP contribution in [0.2, 0.25) is 0 Å². The number of fused-ring (bicyclic) bond motifs is 1. The highest BCUT2D eigenvalue weighted by atomic mass is 79.9. The van der Waals surface area contributed by atoms with E-state index in [-0.39, 0.29) is 10.0 Å². The van der Waals surface area contributed by atoms with Crippen LogP contribution >= 0.6 is 31.9 Å². The van der Waals surface area contributed by atoms with Gasteiger partial charge in [-0.15, -0.1) is 0 Å². The van der Waals surface area contributed by atoms with Gasteiger partial charge in [0.2, 0.25) is 5.75 Å². The van der Waals surface area contributed by atoms with E-state index in [1.165, 1.54) is 12.3 Å². The average Bonchev–Trinajstić information content (AvgIpc) is 2.58. The van der Waals surface area contributed by atoms with Gasteiger partial charge in [0.05, 0.1) is 26.5 Å². The van der Waals surface area contributed by atoms with Crippen molar-refractivity contribution >= 4 is 54.7 Å². The third-order valence-corrected chi connectivity index (χ3v) is 4.65. The van der Waals surface area contributed by atoms with Gasteiger partial charge < -0.3 is 5.11 Å². The Labute approximate surface area is 163 Å². The maximum Gasteiger partial charge on any atom is 0.312 e. The molecule has 1 heterocycles. The molecule has 0 unspecified atom stereocenters. The molecular weight excluding hydrogens is 472 g/mol. The highest BCUT2D eigenvalue weighted by Crippen LogP contribution is 2.34. The van der Waals surface area contributed by atoms with E-state index in [2.05, 4.69) is 41.9 Å². The van der Waals surface area contributed by atoms with Gasteiger partial charge in [0, 0.05) is 16.1 Å². The van der Waals surface area contributed by atoms with Crippen molar-refractivity contribution in [3.8, 4) is 5.75 Å². The molecule has 132 valence electrons. The van der Waals surface area contributed by atoms with Gasteiger partial charge in [-0.05, 0) is 47.1 Å². The Hall–Kier alpha value is -2.59. The van der Waals surface area contributed by atoms with Gasteiger partial charge in [-0.1, -0.05) is 15.9 Å². The molecule has 0 aliphatic carbocycles. The lowest BCUT2D eigenvalue weighted by atomic mass is 10.2. The number of nitrogens with zero attached hydrogens (tertiary/aromatic N) is 4. The summed E-state index contributed by atoms with van der Waals surface area (Å²) in [7, 11) is 0. The van der Waals surface area contributed by atoms with Gasteiger partial charge in [-0.2, -0.15) is 9.78 Å². The number of nitro groups is 1. The monoisotopic (exact) mass is 480 g/mol. The maximum absolute atomic E-state index is 12.6. The molecule has 0 saturated heterocycles. The Morgan fingerprint density at radius 1 is 1.31 bits per heavy atom. The molecule has 0 aliphatic heterocycles.